The van der Waals surface area contributed by atoms with Crippen LogP contribution in [0.2, 0.25) is 0 Å². The second kappa shape index (κ2) is 5.28. The van der Waals surface area contributed by atoms with Gasteiger partial charge in [0.1, 0.15) is 31.9 Å². The third kappa shape index (κ3) is 5.04. The molecule has 0 saturated carbocycles. The molecule has 1 rings (SSSR count). The lowest BCUT2D eigenvalue weighted by atomic mass is 10.3. The molecule has 109 valence electrons. The molecule has 0 bridgehead atoms. The first kappa shape index (κ1) is 16.2. The molecule has 0 spiro atoms. The minimum atomic E-state index is -3.61. The second-order valence-electron chi connectivity index (χ2n) is 4.12. The van der Waals surface area contributed by atoms with Gasteiger partial charge in [0.05, 0.1) is 11.5 Å². The van der Waals surface area contributed by atoms with E-state index in [9.17, 15) is 21.7 Å². The van der Waals surface area contributed by atoms with Crippen LogP contribution in [0, 0.1) is 0 Å². The topological polar surface area (TPSA) is 116 Å². The van der Waals surface area contributed by atoms with Crippen LogP contribution in [-0.4, -0.2) is 65.1 Å². The monoisotopic (exact) mass is 323 g/mol. The van der Waals surface area contributed by atoms with Crippen LogP contribution in [0.3, 0.4) is 0 Å². The van der Waals surface area contributed by atoms with Crippen molar-refractivity contribution in [1.29, 1.82) is 0 Å². The van der Waals surface area contributed by atoms with Crippen molar-refractivity contribution in [2.45, 2.75) is 12.2 Å². The molecule has 0 aromatic rings. The number of rotatable bonds is 5. The van der Waals surface area contributed by atoms with Crippen LogP contribution < -0.4 is 0 Å². The van der Waals surface area contributed by atoms with Crippen LogP contribution in [0.15, 0.2) is 0 Å². The van der Waals surface area contributed by atoms with Crippen LogP contribution in [0.4, 0.5) is 0 Å². The Hall–Kier alpha value is 0.170. The van der Waals surface area contributed by atoms with Crippen LogP contribution >= 0.6 is 8.17 Å². The third-order valence-corrected chi connectivity index (χ3v) is 5.52. The maximum Gasteiger partial charge on any atom is 0.378 e. The van der Waals surface area contributed by atoms with Gasteiger partial charge in [-0.25, -0.2) is 16.8 Å². The van der Waals surface area contributed by atoms with E-state index in [1.54, 1.807) is 0 Å². The fourth-order valence-electron chi connectivity index (χ4n) is 1.46. The standard InChI is InChI=1S/C7H16O8PS2/c1-13-16(8)14-6(4-17(2,9)10)7(15-16)5-18(3,11)12/h6-8H,4-5H2,1-3H3. The van der Waals surface area contributed by atoms with E-state index in [0.29, 0.717) is 0 Å². The lowest BCUT2D eigenvalue weighted by Crippen LogP contribution is -2.35. The van der Waals surface area contributed by atoms with Crippen molar-refractivity contribution in [1.82, 2.24) is 0 Å². The summed E-state index contributed by atoms with van der Waals surface area (Å²) in [5.74, 6) is -0.891. The Morgan fingerprint density at radius 2 is 1.39 bits per heavy atom. The van der Waals surface area contributed by atoms with Crippen molar-refractivity contribution in [3.8, 4) is 0 Å². The zero-order valence-electron chi connectivity index (χ0n) is 10.1. The van der Waals surface area contributed by atoms with E-state index < -0.39 is 51.6 Å². The molecule has 0 amide bonds. The summed E-state index contributed by atoms with van der Waals surface area (Å²) in [5, 5.41) is 0. The van der Waals surface area contributed by atoms with Crippen LogP contribution in [0.5, 0.6) is 0 Å². The van der Waals surface area contributed by atoms with Gasteiger partial charge in [0.25, 0.3) is 0 Å². The third-order valence-electron chi connectivity index (χ3n) is 2.12. The Labute approximate surface area is 107 Å². The molecule has 0 aliphatic carbocycles. The molecule has 18 heavy (non-hydrogen) atoms. The van der Waals surface area contributed by atoms with E-state index in [0.717, 1.165) is 19.6 Å². The smallest absolute Gasteiger partial charge is 0.314 e. The van der Waals surface area contributed by atoms with Gasteiger partial charge in [-0.15, -0.1) is 0 Å². The van der Waals surface area contributed by atoms with Gasteiger partial charge < -0.3 is 9.42 Å². The lowest BCUT2D eigenvalue weighted by molar-refractivity contribution is 0.170. The van der Waals surface area contributed by atoms with Crippen molar-refractivity contribution >= 4 is 27.8 Å². The van der Waals surface area contributed by atoms with Gasteiger partial charge in [-0.05, 0) is 0 Å². The molecule has 1 aliphatic rings. The largest absolute Gasteiger partial charge is 0.378 e. The first-order chi connectivity index (χ1) is 7.94. The summed E-state index contributed by atoms with van der Waals surface area (Å²) in [6, 6.07) is 0. The molecule has 1 aliphatic heterocycles. The molecule has 11 heteroatoms. The first-order valence-corrected chi connectivity index (χ1v) is 10.5. The van der Waals surface area contributed by atoms with Crippen molar-refractivity contribution in [2.24, 2.45) is 0 Å². The number of hydrogen-bond acceptors (Lipinski definition) is 8. The van der Waals surface area contributed by atoms with Gasteiger partial charge in [-0.1, -0.05) is 0 Å². The SMILES string of the molecule is CO[P]1(O)OC(CS(C)(=O)=O)C(CS(C)(=O)=O)O1. The molecular weight excluding hydrogens is 307 g/mol. The van der Waals surface area contributed by atoms with Crippen LogP contribution in [0.25, 0.3) is 0 Å². The van der Waals surface area contributed by atoms with Crippen molar-refractivity contribution in [2.75, 3.05) is 31.1 Å². The molecule has 1 saturated heterocycles. The Bertz CT molecular complexity index is 456. The Balaban J connectivity index is 2.90. The average Bonchev–Trinajstić information content (AvgIpc) is 2.38. The number of hydrogen-bond donors (Lipinski definition) is 1. The molecule has 0 aromatic carbocycles. The van der Waals surface area contributed by atoms with Crippen molar-refractivity contribution in [3.05, 3.63) is 0 Å². The minimum Gasteiger partial charge on any atom is -0.314 e. The van der Waals surface area contributed by atoms with Gasteiger partial charge in [0.2, 0.25) is 0 Å². The van der Waals surface area contributed by atoms with Crippen molar-refractivity contribution < 1.29 is 35.3 Å². The van der Waals surface area contributed by atoms with Gasteiger partial charge in [-0.2, -0.15) is 0 Å². The molecule has 1 radical (unpaired) electrons. The molecule has 1 fully saturated rings. The van der Waals surface area contributed by atoms with Gasteiger partial charge in [0, 0.05) is 19.6 Å². The summed E-state index contributed by atoms with van der Waals surface area (Å²) in [6.45, 7) is 0. The van der Waals surface area contributed by atoms with E-state index in [1.807, 2.05) is 0 Å². The van der Waals surface area contributed by atoms with E-state index in [-0.39, 0.29) is 0 Å². The highest BCUT2D eigenvalue weighted by molar-refractivity contribution is 7.91. The summed E-state index contributed by atoms with van der Waals surface area (Å²) in [6.07, 6.45) is -0.159. The van der Waals surface area contributed by atoms with E-state index >= 15 is 0 Å². The van der Waals surface area contributed by atoms with Crippen molar-refractivity contribution in [3.63, 3.8) is 0 Å². The van der Waals surface area contributed by atoms with Crippen LogP contribution in [0.1, 0.15) is 0 Å². The Kier molecular flexibility index (Phi) is 4.76. The predicted molar refractivity (Wildman–Crippen MR) is 65.3 cm³/mol. The predicted octanol–water partition coefficient (Wildman–Crippen LogP) is -0.824. The highest BCUT2D eigenvalue weighted by Gasteiger charge is 2.49. The lowest BCUT2D eigenvalue weighted by Gasteiger charge is -2.18. The summed E-state index contributed by atoms with van der Waals surface area (Å²) < 4.78 is 59.5. The zero-order valence-corrected chi connectivity index (χ0v) is 12.7. The zero-order chi connectivity index (χ0) is 14.2. The summed E-state index contributed by atoms with van der Waals surface area (Å²) in [5.41, 5.74) is 0. The van der Waals surface area contributed by atoms with E-state index in [1.165, 1.54) is 0 Å². The van der Waals surface area contributed by atoms with Gasteiger partial charge >= 0.3 is 8.17 Å². The van der Waals surface area contributed by atoms with Gasteiger partial charge in [-0.3, -0.25) is 9.05 Å². The fraction of sp³-hybridized carbons (Fsp3) is 1.00. The highest BCUT2D eigenvalue weighted by atomic mass is 32.2. The molecule has 1 N–H and O–H groups in total. The molecular formula is C7H16O8PS2. The second-order valence-corrected chi connectivity index (χ2v) is 10.2. The molecule has 8 nitrogen and oxygen atoms in total. The maximum atomic E-state index is 11.2. The van der Waals surface area contributed by atoms with Gasteiger partial charge in [0.15, 0.2) is 0 Å². The average molecular weight is 323 g/mol. The van der Waals surface area contributed by atoms with E-state index in [4.69, 9.17) is 9.05 Å². The molecule has 1 heterocycles. The molecule has 2 atom stereocenters. The quantitative estimate of drug-likeness (QED) is 0.652. The Morgan fingerprint density at radius 1 is 1.06 bits per heavy atom. The van der Waals surface area contributed by atoms with E-state index in [2.05, 4.69) is 4.52 Å². The molecule has 2 unspecified atom stereocenters. The summed E-state index contributed by atoms with van der Waals surface area (Å²) >= 11 is 0. The van der Waals surface area contributed by atoms with Crippen LogP contribution in [-0.2, 0) is 33.2 Å². The molecule has 0 aromatic heterocycles. The summed E-state index contributed by atoms with van der Waals surface area (Å²) in [4.78, 5) is 9.69. The first-order valence-electron chi connectivity index (χ1n) is 4.84. The Morgan fingerprint density at radius 3 is 1.61 bits per heavy atom. The normalized spacial score (nSPS) is 33.8. The number of sulfone groups is 2. The maximum absolute atomic E-state index is 11.2. The fourth-order valence-corrected chi connectivity index (χ4v) is 4.75. The summed E-state index contributed by atoms with van der Waals surface area (Å²) in [7, 11) is -9.29. The minimum absolute atomic E-state index is 0.446. The highest BCUT2D eigenvalue weighted by Crippen LogP contribution is 2.64.